The van der Waals surface area contributed by atoms with Gasteiger partial charge >= 0.3 is 0 Å². The largest absolute Gasteiger partial charge is 0.393 e. The number of aryl methyl sites for hydroxylation is 1. The normalized spacial score (nSPS) is 11.3. The van der Waals surface area contributed by atoms with Crippen molar-refractivity contribution in [2.75, 3.05) is 0 Å². The summed E-state index contributed by atoms with van der Waals surface area (Å²) in [5.74, 6) is 0. The molecule has 0 saturated heterocycles. The third-order valence-corrected chi connectivity index (χ3v) is 2.71. The van der Waals surface area contributed by atoms with Crippen LogP contribution in [-0.2, 0) is 6.42 Å². The van der Waals surface area contributed by atoms with E-state index < -0.39 is 0 Å². The molecule has 1 atom stereocenters. The van der Waals surface area contributed by atoms with Crippen molar-refractivity contribution in [2.24, 2.45) is 0 Å². The highest BCUT2D eigenvalue weighted by atomic mass is 32.1. The maximum atomic E-state index is 9.08. The third-order valence-electron chi connectivity index (χ3n) is 2.41. The van der Waals surface area contributed by atoms with Crippen LogP contribution in [0.3, 0.4) is 0 Å². The number of hydrogen-bond acceptors (Lipinski definition) is 2. The summed E-state index contributed by atoms with van der Waals surface area (Å²) < 4.78 is 0. The van der Waals surface area contributed by atoms with E-state index in [1.54, 1.807) is 6.92 Å². The fourth-order valence-electron chi connectivity index (χ4n) is 1.49. The van der Waals surface area contributed by atoms with Crippen molar-refractivity contribution in [3.63, 3.8) is 0 Å². The average Bonchev–Trinajstić information content (AvgIpc) is 2.33. The molecule has 2 heteroatoms. The molecule has 0 fully saturated rings. The van der Waals surface area contributed by atoms with Gasteiger partial charge in [-0.3, -0.25) is 0 Å². The molecule has 0 radical (unpaired) electrons. The summed E-state index contributed by atoms with van der Waals surface area (Å²) in [6, 6.07) is 18.0. The Labute approximate surface area is 115 Å². The first-order chi connectivity index (χ1) is 8.58. The molecule has 96 valence electrons. The van der Waals surface area contributed by atoms with Crippen molar-refractivity contribution in [3.8, 4) is 0 Å². The van der Waals surface area contributed by atoms with Gasteiger partial charge in [0.15, 0.2) is 0 Å². The van der Waals surface area contributed by atoms with E-state index in [4.69, 9.17) is 5.11 Å². The average molecular weight is 260 g/mol. The maximum Gasteiger partial charge on any atom is 0.0552 e. The fraction of sp³-hybridized carbons (Fsp3) is 0.250. The molecule has 0 amide bonds. The van der Waals surface area contributed by atoms with E-state index in [1.165, 1.54) is 11.1 Å². The smallest absolute Gasteiger partial charge is 0.0552 e. The molecule has 1 unspecified atom stereocenters. The summed E-state index contributed by atoms with van der Waals surface area (Å²) in [6.45, 7) is 3.87. The molecule has 1 nitrogen and oxygen atoms in total. The van der Waals surface area contributed by atoms with E-state index in [2.05, 4.69) is 43.8 Å². The molecule has 2 aromatic rings. The fourth-order valence-corrected chi connectivity index (χ4v) is 1.67. The molecule has 0 heterocycles. The summed E-state index contributed by atoms with van der Waals surface area (Å²) in [6.07, 6.45) is 0.512. The second-order valence-electron chi connectivity index (χ2n) is 4.37. The number of aliphatic hydroxyl groups excluding tert-OH is 1. The third kappa shape index (κ3) is 6.48. The van der Waals surface area contributed by atoms with Gasteiger partial charge in [0.1, 0.15) is 0 Å². The van der Waals surface area contributed by atoms with Crippen LogP contribution in [0.5, 0.6) is 0 Å². The van der Waals surface area contributed by atoms with Gasteiger partial charge in [-0.15, -0.1) is 12.6 Å². The first-order valence-corrected chi connectivity index (χ1v) is 6.50. The van der Waals surface area contributed by atoms with Gasteiger partial charge in [-0.25, -0.2) is 0 Å². The standard InChI is InChI=1S/C10H14O.C6H6S/c1-8-3-5-10(6-4-8)7-9(2)11;7-6-4-2-1-3-5-6/h3-6,9,11H,7H2,1-2H3;1-5,7H. The Kier molecular flexibility index (Phi) is 6.55. The van der Waals surface area contributed by atoms with Crippen LogP contribution in [0.4, 0.5) is 0 Å². The summed E-state index contributed by atoms with van der Waals surface area (Å²) in [4.78, 5) is 1.02. The van der Waals surface area contributed by atoms with Crippen LogP contribution in [0.1, 0.15) is 18.1 Å². The minimum atomic E-state index is -0.238. The number of benzene rings is 2. The molecule has 0 aliphatic carbocycles. The lowest BCUT2D eigenvalue weighted by molar-refractivity contribution is 0.195. The highest BCUT2D eigenvalue weighted by Gasteiger charge is 1.96. The summed E-state index contributed by atoms with van der Waals surface area (Å²) >= 11 is 4.08. The van der Waals surface area contributed by atoms with Crippen LogP contribution in [-0.4, -0.2) is 11.2 Å². The minimum Gasteiger partial charge on any atom is -0.393 e. The number of thiol groups is 1. The zero-order valence-corrected chi connectivity index (χ0v) is 11.8. The number of rotatable bonds is 2. The maximum absolute atomic E-state index is 9.08. The zero-order valence-electron chi connectivity index (χ0n) is 10.9. The Balaban J connectivity index is 0.000000199. The van der Waals surface area contributed by atoms with E-state index in [0.717, 1.165) is 11.3 Å². The first kappa shape index (κ1) is 14.8. The monoisotopic (exact) mass is 260 g/mol. The minimum absolute atomic E-state index is 0.238. The highest BCUT2D eigenvalue weighted by molar-refractivity contribution is 7.80. The Morgan fingerprint density at radius 2 is 1.56 bits per heavy atom. The molecule has 0 spiro atoms. The SMILES string of the molecule is Cc1ccc(CC(C)O)cc1.Sc1ccccc1. The van der Waals surface area contributed by atoms with Crippen molar-refractivity contribution < 1.29 is 5.11 Å². The Hall–Kier alpha value is -1.25. The molecule has 0 aliphatic heterocycles. The topological polar surface area (TPSA) is 20.2 Å². The van der Waals surface area contributed by atoms with E-state index >= 15 is 0 Å². The van der Waals surface area contributed by atoms with Crippen LogP contribution in [0.25, 0.3) is 0 Å². The molecule has 2 rings (SSSR count). The molecular weight excluding hydrogens is 240 g/mol. The van der Waals surface area contributed by atoms with E-state index in [9.17, 15) is 0 Å². The number of hydrogen-bond donors (Lipinski definition) is 2. The molecule has 0 saturated carbocycles. The van der Waals surface area contributed by atoms with Crippen molar-refractivity contribution >= 4 is 12.6 Å². The molecule has 2 aromatic carbocycles. The Bertz CT molecular complexity index is 434. The van der Waals surface area contributed by atoms with Gasteiger partial charge in [0, 0.05) is 4.90 Å². The van der Waals surface area contributed by atoms with Gasteiger partial charge in [-0.2, -0.15) is 0 Å². The lowest BCUT2D eigenvalue weighted by atomic mass is 10.1. The van der Waals surface area contributed by atoms with Gasteiger partial charge in [0.25, 0.3) is 0 Å². The highest BCUT2D eigenvalue weighted by Crippen LogP contribution is 2.05. The summed E-state index contributed by atoms with van der Waals surface area (Å²) in [7, 11) is 0. The van der Waals surface area contributed by atoms with Crippen molar-refractivity contribution in [3.05, 3.63) is 65.7 Å². The van der Waals surface area contributed by atoms with Gasteiger partial charge in [-0.1, -0.05) is 48.0 Å². The van der Waals surface area contributed by atoms with Crippen LogP contribution >= 0.6 is 12.6 Å². The van der Waals surface area contributed by atoms with Crippen LogP contribution < -0.4 is 0 Å². The van der Waals surface area contributed by atoms with Gasteiger partial charge in [-0.05, 0) is 38.0 Å². The summed E-state index contributed by atoms with van der Waals surface area (Å²) in [5.41, 5.74) is 2.46. The molecule has 0 aromatic heterocycles. The zero-order chi connectivity index (χ0) is 13.4. The molecule has 1 N–H and O–H groups in total. The Morgan fingerprint density at radius 3 is 1.94 bits per heavy atom. The molecule has 0 aliphatic rings. The molecular formula is C16H20OS. The van der Waals surface area contributed by atoms with Crippen LogP contribution in [0.15, 0.2) is 59.5 Å². The van der Waals surface area contributed by atoms with Gasteiger partial charge < -0.3 is 5.11 Å². The molecule has 18 heavy (non-hydrogen) atoms. The van der Waals surface area contributed by atoms with Gasteiger partial charge in [0.2, 0.25) is 0 Å². The van der Waals surface area contributed by atoms with Crippen LogP contribution in [0.2, 0.25) is 0 Å². The van der Waals surface area contributed by atoms with E-state index in [0.29, 0.717) is 0 Å². The van der Waals surface area contributed by atoms with Crippen molar-refractivity contribution in [2.45, 2.75) is 31.3 Å². The Morgan fingerprint density at radius 1 is 1.00 bits per heavy atom. The lowest BCUT2D eigenvalue weighted by Crippen LogP contribution is -2.03. The predicted molar refractivity (Wildman–Crippen MR) is 80.3 cm³/mol. The predicted octanol–water partition coefficient (Wildman–Crippen LogP) is 3.89. The first-order valence-electron chi connectivity index (χ1n) is 6.05. The summed E-state index contributed by atoms with van der Waals surface area (Å²) in [5, 5.41) is 9.08. The molecule has 0 bridgehead atoms. The van der Waals surface area contributed by atoms with Crippen molar-refractivity contribution in [1.82, 2.24) is 0 Å². The van der Waals surface area contributed by atoms with E-state index in [1.807, 2.05) is 30.3 Å². The lowest BCUT2D eigenvalue weighted by Gasteiger charge is -2.03. The van der Waals surface area contributed by atoms with Crippen molar-refractivity contribution in [1.29, 1.82) is 0 Å². The quantitative estimate of drug-likeness (QED) is 0.785. The second-order valence-corrected chi connectivity index (χ2v) is 4.89. The second kappa shape index (κ2) is 7.96. The van der Waals surface area contributed by atoms with Crippen LogP contribution in [0, 0.1) is 6.92 Å². The van der Waals surface area contributed by atoms with Gasteiger partial charge in [0.05, 0.1) is 6.10 Å². The van der Waals surface area contributed by atoms with E-state index in [-0.39, 0.29) is 6.10 Å². The number of aliphatic hydroxyl groups is 1.